The van der Waals surface area contributed by atoms with Crippen LogP contribution >= 0.6 is 11.3 Å². The van der Waals surface area contributed by atoms with Crippen molar-refractivity contribution in [1.29, 1.82) is 0 Å². The number of aryl methyl sites for hydroxylation is 1. The molecule has 0 saturated carbocycles. The first-order chi connectivity index (χ1) is 10.1. The van der Waals surface area contributed by atoms with Crippen molar-refractivity contribution in [1.82, 2.24) is 4.98 Å². The van der Waals surface area contributed by atoms with Gasteiger partial charge in [0.2, 0.25) is 0 Å². The van der Waals surface area contributed by atoms with Crippen molar-refractivity contribution in [2.45, 2.75) is 74.1 Å². The Kier molecular flexibility index (Phi) is 15.0. The van der Waals surface area contributed by atoms with E-state index in [2.05, 4.69) is 34.3 Å². The number of allylic oxidation sites excluding steroid dienone is 2. The minimum absolute atomic E-state index is 0.615. The van der Waals surface area contributed by atoms with E-state index in [0.29, 0.717) is 5.92 Å². The second kappa shape index (κ2) is 14.1. The van der Waals surface area contributed by atoms with Crippen molar-refractivity contribution in [3.05, 3.63) is 34.3 Å². The second-order valence-electron chi connectivity index (χ2n) is 4.82. The fraction of sp³-hybridized carbons (Fsp3) is 0.632. The minimum atomic E-state index is 0.615. The van der Waals surface area contributed by atoms with Gasteiger partial charge in [0.25, 0.3) is 0 Å². The molecule has 0 aliphatic heterocycles. The zero-order valence-electron chi connectivity index (χ0n) is 15.4. The summed E-state index contributed by atoms with van der Waals surface area (Å²) in [6.45, 7) is 20.6. The maximum absolute atomic E-state index is 4.76. The molecule has 0 bridgehead atoms. The van der Waals surface area contributed by atoms with Gasteiger partial charge in [-0.2, -0.15) is 0 Å². The van der Waals surface area contributed by atoms with Gasteiger partial charge in [-0.25, -0.2) is 4.98 Å². The van der Waals surface area contributed by atoms with E-state index in [1.165, 1.54) is 22.7 Å². The smallest absolute Gasteiger partial charge is 0.0965 e. The Morgan fingerprint density at radius 2 is 1.76 bits per heavy atom. The summed E-state index contributed by atoms with van der Waals surface area (Å²) in [5.74, 6) is 1.35. The van der Waals surface area contributed by atoms with E-state index in [1.54, 1.807) is 6.08 Å². The fourth-order valence-electron chi connectivity index (χ4n) is 1.93. The Hall–Kier alpha value is -0.890. The number of aromatic nitrogens is 1. The molecule has 1 aromatic heterocycles. The molecule has 1 atom stereocenters. The third-order valence-corrected chi connectivity index (χ3v) is 3.99. The van der Waals surface area contributed by atoms with E-state index in [1.807, 2.05) is 51.2 Å². The molecule has 21 heavy (non-hydrogen) atoms. The number of hydrogen-bond acceptors (Lipinski definition) is 2. The second-order valence-corrected chi connectivity index (χ2v) is 6.06. The first-order valence-corrected chi connectivity index (χ1v) is 9.16. The van der Waals surface area contributed by atoms with Crippen LogP contribution in [0.1, 0.15) is 82.8 Å². The summed E-state index contributed by atoms with van der Waals surface area (Å²) in [6.07, 6.45) is 8.20. The molecule has 1 rings (SSSR count). The molecule has 0 aliphatic carbocycles. The Bertz CT molecular complexity index is 388. The fourth-order valence-corrected chi connectivity index (χ4v) is 3.03. The molecule has 0 N–H and O–H groups in total. The molecule has 0 amide bonds. The topological polar surface area (TPSA) is 12.9 Å². The summed E-state index contributed by atoms with van der Waals surface area (Å²) in [5, 5.41) is 1.29. The lowest BCUT2D eigenvalue weighted by atomic mass is 9.95. The van der Waals surface area contributed by atoms with Crippen LogP contribution in [0.2, 0.25) is 0 Å². The number of hydrogen-bond donors (Lipinski definition) is 0. The van der Waals surface area contributed by atoms with E-state index in [4.69, 9.17) is 4.98 Å². The normalized spacial score (nSPS) is 11.5. The van der Waals surface area contributed by atoms with Gasteiger partial charge in [-0.1, -0.05) is 67.2 Å². The van der Waals surface area contributed by atoms with Gasteiger partial charge in [-0.3, -0.25) is 0 Å². The Morgan fingerprint density at radius 3 is 2.19 bits per heavy atom. The lowest BCUT2D eigenvalue weighted by Gasteiger charge is -2.13. The highest BCUT2D eigenvalue weighted by molar-refractivity contribution is 7.11. The van der Waals surface area contributed by atoms with Gasteiger partial charge in [0.1, 0.15) is 0 Å². The zero-order valence-corrected chi connectivity index (χ0v) is 16.2. The van der Waals surface area contributed by atoms with Crippen molar-refractivity contribution in [2.24, 2.45) is 5.92 Å². The molecule has 0 fully saturated rings. The average molecular weight is 310 g/mol. The van der Waals surface area contributed by atoms with Crippen molar-refractivity contribution in [3.8, 4) is 0 Å². The number of nitrogens with zero attached hydrogens (tertiary/aromatic N) is 1. The molecule has 0 saturated heterocycles. The number of rotatable bonds is 6. The van der Waals surface area contributed by atoms with Crippen molar-refractivity contribution in [3.63, 3.8) is 0 Å². The molecular formula is C19H35NS. The first-order valence-electron chi connectivity index (χ1n) is 8.34. The van der Waals surface area contributed by atoms with Crippen LogP contribution < -0.4 is 0 Å². The maximum atomic E-state index is 4.76. The van der Waals surface area contributed by atoms with Crippen LogP contribution in [0.3, 0.4) is 0 Å². The van der Waals surface area contributed by atoms with E-state index < -0.39 is 0 Å². The summed E-state index contributed by atoms with van der Waals surface area (Å²) in [6, 6.07) is 0. The lowest BCUT2D eigenvalue weighted by Crippen LogP contribution is -2.01. The van der Waals surface area contributed by atoms with E-state index in [0.717, 1.165) is 11.6 Å². The summed E-state index contributed by atoms with van der Waals surface area (Å²) in [4.78, 5) is 6.06. The van der Waals surface area contributed by atoms with Gasteiger partial charge in [0, 0.05) is 10.8 Å². The van der Waals surface area contributed by atoms with Crippen LogP contribution in [-0.4, -0.2) is 4.98 Å². The van der Waals surface area contributed by atoms with Crippen LogP contribution in [0.25, 0.3) is 6.08 Å². The first kappa shape index (κ1) is 22.4. The Morgan fingerprint density at radius 1 is 1.19 bits per heavy atom. The van der Waals surface area contributed by atoms with E-state index in [9.17, 15) is 0 Å². The van der Waals surface area contributed by atoms with Crippen LogP contribution in [-0.2, 0) is 0 Å². The van der Waals surface area contributed by atoms with E-state index >= 15 is 0 Å². The predicted molar refractivity (Wildman–Crippen MR) is 101 cm³/mol. The Labute approximate surface area is 137 Å². The predicted octanol–water partition coefficient (Wildman–Crippen LogP) is 7.24. The van der Waals surface area contributed by atoms with Crippen molar-refractivity contribution in [2.75, 3.05) is 0 Å². The van der Waals surface area contributed by atoms with Gasteiger partial charge in [-0.15, -0.1) is 11.3 Å². The minimum Gasteiger partial charge on any atom is -0.241 e. The van der Waals surface area contributed by atoms with Gasteiger partial charge in [-0.05, 0) is 31.8 Å². The zero-order chi connectivity index (χ0) is 16.8. The standard InChI is InChI=1S/C15H23NS.2C2H6/c1-6-8-9-14-12(5)17-15(16-14)13(7-2)10-11(3)4;2*1-2/h6,8-9,11,13H,1,7,10H2,2-5H3;2*1-2H3/b9-8-;;. The van der Waals surface area contributed by atoms with Gasteiger partial charge >= 0.3 is 0 Å². The number of thiazole rings is 1. The third kappa shape index (κ3) is 8.87. The van der Waals surface area contributed by atoms with Gasteiger partial charge in [0.15, 0.2) is 0 Å². The van der Waals surface area contributed by atoms with Crippen LogP contribution in [0.4, 0.5) is 0 Å². The molecule has 1 aromatic rings. The summed E-state index contributed by atoms with van der Waals surface area (Å²) < 4.78 is 0. The molecule has 1 heterocycles. The van der Waals surface area contributed by atoms with Crippen molar-refractivity contribution >= 4 is 17.4 Å². The Balaban J connectivity index is 0. The molecule has 0 aromatic carbocycles. The van der Waals surface area contributed by atoms with E-state index in [-0.39, 0.29) is 0 Å². The van der Waals surface area contributed by atoms with Crippen LogP contribution in [0, 0.1) is 12.8 Å². The SMILES string of the molecule is C=C/C=C\c1nc(C(CC)CC(C)C)sc1C.CC.CC. The largest absolute Gasteiger partial charge is 0.241 e. The third-order valence-electron chi connectivity index (χ3n) is 2.84. The van der Waals surface area contributed by atoms with Gasteiger partial charge in [0.05, 0.1) is 10.7 Å². The summed E-state index contributed by atoms with van der Waals surface area (Å²) >= 11 is 1.84. The highest BCUT2D eigenvalue weighted by atomic mass is 32.1. The quantitative estimate of drug-likeness (QED) is 0.504. The molecule has 0 spiro atoms. The molecule has 1 nitrogen and oxygen atoms in total. The monoisotopic (exact) mass is 309 g/mol. The van der Waals surface area contributed by atoms with Crippen LogP contribution in [0.5, 0.6) is 0 Å². The highest BCUT2D eigenvalue weighted by Gasteiger charge is 2.16. The molecule has 1 unspecified atom stereocenters. The van der Waals surface area contributed by atoms with Crippen molar-refractivity contribution < 1.29 is 0 Å². The molecule has 122 valence electrons. The summed E-state index contributed by atoms with van der Waals surface area (Å²) in [7, 11) is 0. The molecule has 0 radical (unpaired) electrons. The maximum Gasteiger partial charge on any atom is 0.0965 e. The molecule has 2 heteroatoms. The molecule has 0 aliphatic rings. The average Bonchev–Trinajstić information content (AvgIpc) is 2.87. The van der Waals surface area contributed by atoms with Crippen LogP contribution in [0.15, 0.2) is 18.7 Å². The lowest BCUT2D eigenvalue weighted by molar-refractivity contribution is 0.488. The van der Waals surface area contributed by atoms with Gasteiger partial charge < -0.3 is 0 Å². The molecular weight excluding hydrogens is 274 g/mol. The highest BCUT2D eigenvalue weighted by Crippen LogP contribution is 2.32. The summed E-state index contributed by atoms with van der Waals surface area (Å²) in [5.41, 5.74) is 1.10.